The third-order valence-electron chi connectivity index (χ3n) is 3.87. The third kappa shape index (κ3) is 3.78. The summed E-state index contributed by atoms with van der Waals surface area (Å²) in [4.78, 5) is 23.3. The molecule has 1 aromatic rings. The Morgan fingerprint density at radius 2 is 1.68 bits per heavy atom. The average Bonchev–Trinajstić information content (AvgIpc) is 2.47. The van der Waals surface area contributed by atoms with Crippen LogP contribution < -0.4 is 5.32 Å². The van der Waals surface area contributed by atoms with E-state index in [0.717, 1.165) is 12.1 Å². The van der Waals surface area contributed by atoms with Crippen molar-refractivity contribution in [3.63, 3.8) is 0 Å². The summed E-state index contributed by atoms with van der Waals surface area (Å²) in [5.74, 6) is -2.01. The molecule has 0 aromatic heterocycles. The van der Waals surface area contributed by atoms with Gasteiger partial charge < -0.3 is 10.4 Å². The number of rotatable bonds is 6. The van der Waals surface area contributed by atoms with Crippen molar-refractivity contribution in [2.75, 3.05) is 6.54 Å². The van der Waals surface area contributed by atoms with Gasteiger partial charge in [-0.15, -0.1) is 0 Å². The van der Waals surface area contributed by atoms with Gasteiger partial charge in [0.05, 0.1) is 16.5 Å². The highest BCUT2D eigenvalue weighted by atomic mass is 19.4. The van der Waals surface area contributed by atoms with E-state index in [-0.39, 0.29) is 19.4 Å². The molecule has 122 valence electrons. The van der Waals surface area contributed by atoms with Crippen molar-refractivity contribution < 1.29 is 27.9 Å². The maximum Gasteiger partial charge on any atom is 0.417 e. The second-order valence-electron chi connectivity index (χ2n) is 5.02. The van der Waals surface area contributed by atoms with E-state index in [2.05, 4.69) is 5.32 Å². The third-order valence-corrected chi connectivity index (χ3v) is 3.87. The van der Waals surface area contributed by atoms with Crippen LogP contribution in [0.3, 0.4) is 0 Å². The molecular weight excluding hydrogens is 299 g/mol. The average molecular weight is 317 g/mol. The molecule has 0 heterocycles. The van der Waals surface area contributed by atoms with Gasteiger partial charge in [0.1, 0.15) is 0 Å². The van der Waals surface area contributed by atoms with Gasteiger partial charge in [0.15, 0.2) is 0 Å². The zero-order chi connectivity index (χ0) is 17.0. The van der Waals surface area contributed by atoms with Crippen LogP contribution in [0.15, 0.2) is 24.3 Å². The Morgan fingerprint density at radius 1 is 1.14 bits per heavy atom. The molecule has 0 spiro atoms. The minimum Gasteiger partial charge on any atom is -0.481 e. The van der Waals surface area contributed by atoms with Crippen molar-refractivity contribution in [3.8, 4) is 0 Å². The van der Waals surface area contributed by atoms with Crippen molar-refractivity contribution in [2.45, 2.75) is 32.9 Å². The number of carbonyl (C=O) groups is 2. The molecule has 0 saturated carbocycles. The summed E-state index contributed by atoms with van der Waals surface area (Å²) in [5.41, 5.74) is -2.73. The van der Waals surface area contributed by atoms with Gasteiger partial charge in [-0.25, -0.2) is 0 Å². The molecule has 22 heavy (non-hydrogen) atoms. The van der Waals surface area contributed by atoms with Gasteiger partial charge >= 0.3 is 12.1 Å². The zero-order valence-corrected chi connectivity index (χ0v) is 12.3. The summed E-state index contributed by atoms with van der Waals surface area (Å²) in [6, 6.07) is 4.41. The van der Waals surface area contributed by atoms with Crippen LogP contribution >= 0.6 is 0 Å². The molecule has 0 unspecified atom stereocenters. The molecular formula is C15H18F3NO3. The van der Waals surface area contributed by atoms with Crippen LogP contribution in [0.25, 0.3) is 0 Å². The lowest BCUT2D eigenvalue weighted by molar-refractivity contribution is -0.149. The first-order valence-electron chi connectivity index (χ1n) is 6.85. The Kier molecular flexibility index (Phi) is 5.57. The molecule has 0 atom stereocenters. The zero-order valence-electron chi connectivity index (χ0n) is 12.3. The molecule has 0 aliphatic rings. The summed E-state index contributed by atoms with van der Waals surface area (Å²) < 4.78 is 38.6. The lowest BCUT2D eigenvalue weighted by Crippen LogP contribution is -2.42. The molecule has 0 fully saturated rings. The Morgan fingerprint density at radius 3 is 2.14 bits per heavy atom. The number of carbonyl (C=O) groups excluding carboxylic acids is 1. The summed E-state index contributed by atoms with van der Waals surface area (Å²) in [5, 5.41) is 11.6. The number of alkyl halides is 3. The Labute approximate surface area is 126 Å². The summed E-state index contributed by atoms with van der Waals surface area (Å²) >= 11 is 0. The van der Waals surface area contributed by atoms with Crippen LogP contribution in [0.4, 0.5) is 13.2 Å². The molecule has 4 nitrogen and oxygen atoms in total. The fourth-order valence-electron chi connectivity index (χ4n) is 2.15. The van der Waals surface area contributed by atoms with Crippen LogP contribution in [0.5, 0.6) is 0 Å². The normalized spacial score (nSPS) is 12.0. The largest absolute Gasteiger partial charge is 0.481 e. The number of carboxylic acids is 1. The maximum atomic E-state index is 12.9. The van der Waals surface area contributed by atoms with E-state index in [4.69, 9.17) is 0 Å². The SMILES string of the molecule is CCC(CC)(CNC(=O)c1ccccc1C(F)(F)F)C(=O)O. The lowest BCUT2D eigenvalue weighted by atomic mass is 9.82. The second kappa shape index (κ2) is 6.81. The summed E-state index contributed by atoms with van der Waals surface area (Å²) in [7, 11) is 0. The van der Waals surface area contributed by atoms with Gasteiger partial charge in [0, 0.05) is 6.54 Å². The highest BCUT2D eigenvalue weighted by molar-refractivity contribution is 5.96. The fraction of sp³-hybridized carbons (Fsp3) is 0.467. The van der Waals surface area contributed by atoms with Gasteiger partial charge in [0.25, 0.3) is 5.91 Å². The van der Waals surface area contributed by atoms with E-state index in [9.17, 15) is 27.9 Å². The Bertz CT molecular complexity index is 551. The number of hydrogen-bond acceptors (Lipinski definition) is 2. The molecule has 1 aromatic carbocycles. The second-order valence-corrected chi connectivity index (χ2v) is 5.02. The number of hydrogen-bond donors (Lipinski definition) is 2. The molecule has 0 aliphatic carbocycles. The molecule has 1 rings (SSSR count). The minimum atomic E-state index is -4.65. The number of halogens is 3. The van der Waals surface area contributed by atoms with E-state index in [1.165, 1.54) is 12.1 Å². The molecule has 1 amide bonds. The topological polar surface area (TPSA) is 66.4 Å². The van der Waals surface area contributed by atoms with Crippen molar-refractivity contribution in [1.29, 1.82) is 0 Å². The molecule has 0 radical (unpaired) electrons. The van der Waals surface area contributed by atoms with E-state index in [0.29, 0.717) is 0 Å². The number of amides is 1. The van der Waals surface area contributed by atoms with Gasteiger partial charge in [-0.05, 0) is 25.0 Å². The van der Waals surface area contributed by atoms with Crippen molar-refractivity contribution >= 4 is 11.9 Å². The van der Waals surface area contributed by atoms with E-state index in [1.54, 1.807) is 13.8 Å². The number of carboxylic acid groups (broad SMARTS) is 1. The minimum absolute atomic E-state index is 0.222. The molecule has 0 saturated heterocycles. The molecule has 7 heteroatoms. The van der Waals surface area contributed by atoms with Gasteiger partial charge in [-0.1, -0.05) is 26.0 Å². The predicted molar refractivity (Wildman–Crippen MR) is 74.4 cm³/mol. The monoisotopic (exact) mass is 317 g/mol. The molecule has 0 bridgehead atoms. The first-order chi connectivity index (χ1) is 10.2. The number of nitrogens with one attached hydrogen (secondary N) is 1. The van der Waals surface area contributed by atoms with Gasteiger partial charge in [0.2, 0.25) is 0 Å². The highest BCUT2D eigenvalue weighted by Gasteiger charge is 2.37. The Balaban J connectivity index is 2.98. The first-order valence-corrected chi connectivity index (χ1v) is 6.85. The molecule has 2 N–H and O–H groups in total. The van der Waals surface area contributed by atoms with E-state index >= 15 is 0 Å². The van der Waals surface area contributed by atoms with Gasteiger partial charge in [-0.2, -0.15) is 13.2 Å². The smallest absolute Gasteiger partial charge is 0.417 e. The van der Waals surface area contributed by atoms with Crippen molar-refractivity contribution in [1.82, 2.24) is 5.32 Å². The fourth-order valence-corrected chi connectivity index (χ4v) is 2.15. The number of aliphatic carboxylic acids is 1. The standard InChI is InChI=1S/C15H18F3NO3/c1-3-14(4-2,13(21)22)9-19-12(20)10-7-5-6-8-11(10)15(16,17)18/h5-8H,3-4,9H2,1-2H3,(H,19,20)(H,21,22). The predicted octanol–water partition coefficient (Wildman–Crippen LogP) is 3.33. The lowest BCUT2D eigenvalue weighted by Gasteiger charge is -2.27. The van der Waals surface area contributed by atoms with Crippen LogP contribution in [0.1, 0.15) is 42.6 Å². The van der Waals surface area contributed by atoms with E-state index in [1.807, 2.05) is 0 Å². The summed E-state index contributed by atoms with van der Waals surface area (Å²) in [6.07, 6.45) is -4.12. The van der Waals surface area contributed by atoms with Crippen molar-refractivity contribution in [3.05, 3.63) is 35.4 Å². The first kappa shape index (κ1) is 18.0. The van der Waals surface area contributed by atoms with Crippen LogP contribution in [0.2, 0.25) is 0 Å². The van der Waals surface area contributed by atoms with Crippen molar-refractivity contribution in [2.24, 2.45) is 5.41 Å². The Hall–Kier alpha value is -2.05. The maximum absolute atomic E-state index is 12.9. The van der Waals surface area contributed by atoms with Crippen LogP contribution in [-0.2, 0) is 11.0 Å². The molecule has 0 aliphatic heterocycles. The summed E-state index contributed by atoms with van der Waals surface area (Å²) in [6.45, 7) is 3.10. The van der Waals surface area contributed by atoms with Crippen LogP contribution in [0, 0.1) is 5.41 Å². The quantitative estimate of drug-likeness (QED) is 0.846. The van der Waals surface area contributed by atoms with E-state index < -0.39 is 34.6 Å². The van der Waals surface area contributed by atoms with Crippen LogP contribution in [-0.4, -0.2) is 23.5 Å². The highest BCUT2D eigenvalue weighted by Crippen LogP contribution is 2.32. The van der Waals surface area contributed by atoms with Gasteiger partial charge in [-0.3, -0.25) is 9.59 Å². The number of benzene rings is 1.